The van der Waals surface area contributed by atoms with Crippen molar-refractivity contribution >= 4 is 16.7 Å². The molecule has 0 spiro atoms. The number of rotatable bonds is 6. The molecule has 4 heteroatoms. The third kappa shape index (κ3) is 2.96. The van der Waals surface area contributed by atoms with Gasteiger partial charge < -0.3 is 5.73 Å². The summed E-state index contributed by atoms with van der Waals surface area (Å²) in [6.45, 7) is 1.76. The maximum atomic E-state index is 7.40. The molecule has 0 unspecified atom stereocenters. The van der Waals surface area contributed by atoms with Crippen LogP contribution in [0.2, 0.25) is 0 Å². The molecule has 0 radical (unpaired) electrons. The molecule has 1 fully saturated rings. The molecule has 4 nitrogen and oxygen atoms in total. The number of para-hydroxylation sites is 1. The molecule has 1 saturated carbocycles. The summed E-state index contributed by atoms with van der Waals surface area (Å²) in [6, 6.07) is 11.1. The average Bonchev–Trinajstić information content (AvgIpc) is 3.28. The molecular formula is C16H20N4. The molecule has 3 rings (SSSR count). The summed E-state index contributed by atoms with van der Waals surface area (Å²) >= 11 is 0. The number of hydrogen-bond acceptors (Lipinski definition) is 3. The van der Waals surface area contributed by atoms with Crippen molar-refractivity contribution in [2.24, 2.45) is 5.73 Å². The third-order valence-corrected chi connectivity index (χ3v) is 3.82. The van der Waals surface area contributed by atoms with Gasteiger partial charge in [-0.05, 0) is 24.5 Å². The highest BCUT2D eigenvalue weighted by atomic mass is 15.2. The van der Waals surface area contributed by atoms with Gasteiger partial charge in [0.15, 0.2) is 0 Å². The molecule has 0 bridgehead atoms. The number of nitrogens with one attached hydrogen (secondary N) is 1. The molecule has 20 heavy (non-hydrogen) atoms. The van der Waals surface area contributed by atoms with Crippen molar-refractivity contribution < 1.29 is 0 Å². The van der Waals surface area contributed by atoms with Crippen LogP contribution >= 0.6 is 0 Å². The van der Waals surface area contributed by atoms with E-state index in [0.717, 1.165) is 18.6 Å². The van der Waals surface area contributed by atoms with E-state index in [4.69, 9.17) is 11.1 Å². The fourth-order valence-corrected chi connectivity index (χ4v) is 2.61. The minimum atomic E-state index is 0.270. The Morgan fingerprint density at radius 2 is 2.10 bits per heavy atom. The van der Waals surface area contributed by atoms with Crippen LogP contribution in [-0.2, 0) is 6.54 Å². The van der Waals surface area contributed by atoms with E-state index in [9.17, 15) is 0 Å². The van der Waals surface area contributed by atoms with Gasteiger partial charge in [-0.15, -0.1) is 0 Å². The van der Waals surface area contributed by atoms with Crippen molar-refractivity contribution in [3.05, 3.63) is 42.1 Å². The molecule has 0 saturated heterocycles. The zero-order valence-corrected chi connectivity index (χ0v) is 11.5. The molecular weight excluding hydrogens is 248 g/mol. The van der Waals surface area contributed by atoms with Gasteiger partial charge in [-0.1, -0.05) is 24.3 Å². The van der Waals surface area contributed by atoms with Gasteiger partial charge in [-0.2, -0.15) is 0 Å². The van der Waals surface area contributed by atoms with Crippen LogP contribution in [0.3, 0.4) is 0 Å². The number of nitrogens with zero attached hydrogens (tertiary/aromatic N) is 2. The van der Waals surface area contributed by atoms with E-state index in [1.54, 1.807) is 0 Å². The van der Waals surface area contributed by atoms with Gasteiger partial charge in [0.25, 0.3) is 0 Å². The molecule has 1 heterocycles. The number of fused-ring (bicyclic) bond motifs is 1. The lowest BCUT2D eigenvalue weighted by Gasteiger charge is -2.22. The van der Waals surface area contributed by atoms with Gasteiger partial charge in [-0.25, -0.2) is 0 Å². The maximum Gasteiger partial charge on any atom is 0.0918 e. The number of aromatic nitrogens is 1. The van der Waals surface area contributed by atoms with Gasteiger partial charge in [0.05, 0.1) is 11.4 Å². The normalized spacial score (nSPS) is 14.8. The highest BCUT2D eigenvalue weighted by molar-refractivity contribution is 5.81. The summed E-state index contributed by atoms with van der Waals surface area (Å²) in [5.74, 6) is 0.270. The molecule has 1 aromatic carbocycles. The standard InChI is InChI=1S/C16H20N4/c17-15(18)8-10-20(14-6-7-14)11-13-4-1-3-12-5-2-9-19-16(12)13/h1-5,9,14H,6-8,10-11H2,(H3,17,18). The minimum Gasteiger partial charge on any atom is -0.388 e. The summed E-state index contributed by atoms with van der Waals surface area (Å²) in [7, 11) is 0. The summed E-state index contributed by atoms with van der Waals surface area (Å²) in [6.07, 6.45) is 5.02. The summed E-state index contributed by atoms with van der Waals surface area (Å²) in [4.78, 5) is 6.95. The van der Waals surface area contributed by atoms with Gasteiger partial charge in [-0.3, -0.25) is 15.3 Å². The molecule has 2 aromatic rings. The Labute approximate surface area is 119 Å². The fourth-order valence-electron chi connectivity index (χ4n) is 2.61. The van der Waals surface area contributed by atoms with Crippen LogP contribution in [0.4, 0.5) is 0 Å². The van der Waals surface area contributed by atoms with E-state index < -0.39 is 0 Å². The van der Waals surface area contributed by atoms with Crippen LogP contribution in [0, 0.1) is 5.41 Å². The Hall–Kier alpha value is -1.94. The molecule has 1 aromatic heterocycles. The van der Waals surface area contributed by atoms with E-state index in [1.807, 2.05) is 12.3 Å². The molecule has 0 aliphatic heterocycles. The van der Waals surface area contributed by atoms with E-state index in [0.29, 0.717) is 12.5 Å². The van der Waals surface area contributed by atoms with Crippen LogP contribution < -0.4 is 5.73 Å². The van der Waals surface area contributed by atoms with E-state index in [1.165, 1.54) is 23.8 Å². The van der Waals surface area contributed by atoms with Crippen molar-refractivity contribution in [2.75, 3.05) is 6.54 Å². The van der Waals surface area contributed by atoms with Crippen LogP contribution in [0.25, 0.3) is 10.9 Å². The zero-order valence-electron chi connectivity index (χ0n) is 11.5. The average molecular weight is 268 g/mol. The van der Waals surface area contributed by atoms with Gasteiger partial charge in [0, 0.05) is 37.1 Å². The van der Waals surface area contributed by atoms with Crippen molar-refractivity contribution in [1.29, 1.82) is 5.41 Å². The number of hydrogen-bond donors (Lipinski definition) is 2. The number of pyridine rings is 1. The molecule has 104 valence electrons. The Balaban J connectivity index is 1.81. The first-order valence-corrected chi connectivity index (χ1v) is 7.13. The molecule has 1 aliphatic carbocycles. The second-order valence-corrected chi connectivity index (χ2v) is 5.47. The first-order valence-electron chi connectivity index (χ1n) is 7.13. The maximum absolute atomic E-state index is 7.40. The molecule has 0 amide bonds. The van der Waals surface area contributed by atoms with Gasteiger partial charge >= 0.3 is 0 Å². The number of nitrogens with two attached hydrogens (primary N) is 1. The monoisotopic (exact) mass is 268 g/mol. The smallest absolute Gasteiger partial charge is 0.0918 e. The SMILES string of the molecule is N=C(N)CCN(Cc1cccc2cccnc12)C1CC1. The second-order valence-electron chi connectivity index (χ2n) is 5.47. The fraction of sp³-hybridized carbons (Fsp3) is 0.375. The highest BCUT2D eigenvalue weighted by Gasteiger charge is 2.29. The van der Waals surface area contributed by atoms with Crippen LogP contribution in [0.5, 0.6) is 0 Å². The lowest BCUT2D eigenvalue weighted by atomic mass is 10.1. The Morgan fingerprint density at radius 3 is 2.85 bits per heavy atom. The largest absolute Gasteiger partial charge is 0.388 e. The van der Waals surface area contributed by atoms with Crippen LogP contribution in [0.1, 0.15) is 24.8 Å². The van der Waals surface area contributed by atoms with Crippen LogP contribution in [0.15, 0.2) is 36.5 Å². The second kappa shape index (κ2) is 5.59. The topological polar surface area (TPSA) is 66.0 Å². The number of amidine groups is 1. The Kier molecular flexibility index (Phi) is 3.65. The lowest BCUT2D eigenvalue weighted by Crippen LogP contribution is -2.29. The quantitative estimate of drug-likeness (QED) is 0.625. The Bertz CT molecular complexity index is 613. The predicted octanol–water partition coefficient (Wildman–Crippen LogP) is 2.53. The minimum absolute atomic E-state index is 0.270. The molecule has 1 aliphatic rings. The van der Waals surface area contributed by atoms with Gasteiger partial charge in [0.2, 0.25) is 0 Å². The summed E-state index contributed by atoms with van der Waals surface area (Å²) in [5, 5.41) is 8.59. The van der Waals surface area contributed by atoms with Crippen molar-refractivity contribution in [3.8, 4) is 0 Å². The Morgan fingerprint density at radius 1 is 1.30 bits per heavy atom. The lowest BCUT2D eigenvalue weighted by molar-refractivity contribution is 0.263. The molecule has 0 atom stereocenters. The first kappa shape index (κ1) is 13.1. The molecule has 3 N–H and O–H groups in total. The summed E-state index contributed by atoms with van der Waals surface area (Å²) < 4.78 is 0. The first-order chi connectivity index (χ1) is 9.74. The number of benzene rings is 1. The zero-order chi connectivity index (χ0) is 13.9. The van der Waals surface area contributed by atoms with E-state index >= 15 is 0 Å². The van der Waals surface area contributed by atoms with E-state index in [-0.39, 0.29) is 5.84 Å². The third-order valence-electron chi connectivity index (χ3n) is 3.82. The van der Waals surface area contributed by atoms with Crippen LogP contribution in [-0.4, -0.2) is 28.3 Å². The summed E-state index contributed by atoms with van der Waals surface area (Å²) in [5.41, 5.74) is 7.84. The van der Waals surface area contributed by atoms with Crippen molar-refractivity contribution in [1.82, 2.24) is 9.88 Å². The van der Waals surface area contributed by atoms with Crippen molar-refractivity contribution in [3.63, 3.8) is 0 Å². The van der Waals surface area contributed by atoms with Crippen molar-refractivity contribution in [2.45, 2.75) is 31.8 Å². The van der Waals surface area contributed by atoms with E-state index in [2.05, 4.69) is 34.1 Å². The predicted molar refractivity (Wildman–Crippen MR) is 81.7 cm³/mol. The van der Waals surface area contributed by atoms with Gasteiger partial charge in [0.1, 0.15) is 0 Å². The highest BCUT2D eigenvalue weighted by Crippen LogP contribution is 2.29.